The van der Waals surface area contributed by atoms with Gasteiger partial charge in [-0.3, -0.25) is 4.79 Å². The predicted molar refractivity (Wildman–Crippen MR) is 96.5 cm³/mol. The monoisotopic (exact) mass is 357 g/mol. The van der Waals surface area contributed by atoms with Crippen molar-refractivity contribution in [3.63, 3.8) is 0 Å². The van der Waals surface area contributed by atoms with Crippen LogP contribution in [0, 0.1) is 5.82 Å². The second-order valence-electron chi connectivity index (χ2n) is 5.62. The Balaban J connectivity index is 1.75. The van der Waals surface area contributed by atoms with E-state index in [0.717, 1.165) is 18.1 Å². The molecule has 0 unspecified atom stereocenters. The van der Waals surface area contributed by atoms with E-state index in [1.165, 1.54) is 17.7 Å². The van der Waals surface area contributed by atoms with Gasteiger partial charge >= 0.3 is 0 Å². The molecule has 1 amide bonds. The molecule has 0 bridgehead atoms. The van der Waals surface area contributed by atoms with Crippen LogP contribution in [0.1, 0.15) is 28.4 Å². The summed E-state index contributed by atoms with van der Waals surface area (Å²) < 4.78 is 15.5. The largest absolute Gasteiger partial charge is 0.307 e. The lowest BCUT2D eigenvalue weighted by molar-refractivity contribution is 0.102. The van der Waals surface area contributed by atoms with E-state index >= 15 is 0 Å². The molecule has 0 aliphatic carbocycles. The molecule has 0 radical (unpaired) electrons. The van der Waals surface area contributed by atoms with Crippen LogP contribution in [0.2, 0.25) is 5.02 Å². The third kappa shape index (κ3) is 4.06. The van der Waals surface area contributed by atoms with Gasteiger partial charge in [-0.05, 0) is 35.7 Å². The number of nitrogens with one attached hydrogen (secondary N) is 1. The third-order valence-electron chi connectivity index (χ3n) is 3.90. The van der Waals surface area contributed by atoms with Gasteiger partial charge in [0.15, 0.2) is 0 Å². The maximum Gasteiger partial charge on any atom is 0.259 e. The highest BCUT2D eigenvalue weighted by atomic mass is 35.5. The van der Waals surface area contributed by atoms with Gasteiger partial charge in [0.05, 0.1) is 18.3 Å². The zero-order valence-electron chi connectivity index (χ0n) is 13.7. The summed E-state index contributed by atoms with van der Waals surface area (Å²) in [6.45, 7) is 2.61. The van der Waals surface area contributed by atoms with Crippen molar-refractivity contribution in [3.05, 3.63) is 82.3 Å². The van der Waals surface area contributed by atoms with E-state index in [4.69, 9.17) is 11.6 Å². The van der Waals surface area contributed by atoms with E-state index in [0.29, 0.717) is 12.4 Å². The number of carbonyl (C=O) groups is 1. The first-order chi connectivity index (χ1) is 12.1. The molecule has 3 rings (SSSR count). The molecule has 1 N–H and O–H groups in total. The number of halogens is 2. The van der Waals surface area contributed by atoms with Crippen molar-refractivity contribution in [2.75, 3.05) is 5.32 Å². The lowest BCUT2D eigenvalue weighted by Gasteiger charge is -2.10. The Hall–Kier alpha value is -2.66. The summed E-state index contributed by atoms with van der Waals surface area (Å²) in [6, 6.07) is 13.8. The van der Waals surface area contributed by atoms with Gasteiger partial charge < -0.3 is 5.32 Å². The smallest absolute Gasteiger partial charge is 0.259 e. The average molecular weight is 358 g/mol. The number of anilines is 1. The maximum absolute atomic E-state index is 13.9. The number of hydrogen-bond acceptors (Lipinski definition) is 2. The fourth-order valence-electron chi connectivity index (χ4n) is 2.48. The maximum atomic E-state index is 13.9. The molecule has 0 atom stereocenters. The molecular formula is C19H17ClFN3O. The summed E-state index contributed by atoms with van der Waals surface area (Å²) in [4.78, 5) is 12.3. The fraction of sp³-hybridized carbons (Fsp3) is 0.158. The minimum Gasteiger partial charge on any atom is -0.307 e. The molecule has 3 aromatic rings. The lowest BCUT2D eigenvalue weighted by atomic mass is 10.1. The van der Waals surface area contributed by atoms with E-state index in [-0.39, 0.29) is 10.6 Å². The first-order valence-corrected chi connectivity index (χ1v) is 8.30. The van der Waals surface area contributed by atoms with Gasteiger partial charge in [0.2, 0.25) is 0 Å². The molecule has 0 aliphatic heterocycles. The topological polar surface area (TPSA) is 46.9 Å². The van der Waals surface area contributed by atoms with E-state index in [1.807, 2.05) is 12.1 Å². The summed E-state index contributed by atoms with van der Waals surface area (Å²) in [5.41, 5.74) is 2.26. The molecule has 0 spiro atoms. The quantitative estimate of drug-likeness (QED) is 0.728. The number of rotatable bonds is 5. The standard InChI is InChI=1S/C19H17ClFN3O/c1-2-13-3-5-14(6-4-13)12-24-18(9-10-22-24)23-19(25)16-8-7-15(20)11-17(16)21/h3-11H,2,12H2,1H3,(H,23,25). The molecule has 1 heterocycles. The van der Waals surface area contributed by atoms with Crippen molar-refractivity contribution in [1.82, 2.24) is 9.78 Å². The lowest BCUT2D eigenvalue weighted by Crippen LogP contribution is -2.17. The van der Waals surface area contributed by atoms with Crippen LogP contribution in [0.5, 0.6) is 0 Å². The Morgan fingerprint density at radius 3 is 2.56 bits per heavy atom. The fourth-order valence-corrected chi connectivity index (χ4v) is 2.63. The van der Waals surface area contributed by atoms with E-state index in [1.54, 1.807) is 16.9 Å². The molecule has 2 aromatic carbocycles. The van der Waals surface area contributed by atoms with Crippen molar-refractivity contribution in [1.29, 1.82) is 0 Å². The Morgan fingerprint density at radius 2 is 1.88 bits per heavy atom. The normalized spacial score (nSPS) is 10.7. The number of aryl methyl sites for hydroxylation is 1. The number of hydrogen-bond donors (Lipinski definition) is 1. The average Bonchev–Trinajstić information content (AvgIpc) is 3.02. The summed E-state index contributed by atoms with van der Waals surface area (Å²) in [5, 5.41) is 7.16. The molecule has 0 saturated heterocycles. The highest BCUT2D eigenvalue weighted by Crippen LogP contribution is 2.17. The van der Waals surface area contributed by atoms with Crippen LogP contribution in [0.4, 0.5) is 10.2 Å². The number of amides is 1. The van der Waals surface area contributed by atoms with Crippen LogP contribution >= 0.6 is 11.6 Å². The minimum absolute atomic E-state index is 0.0653. The van der Waals surface area contributed by atoms with Crippen molar-refractivity contribution >= 4 is 23.3 Å². The van der Waals surface area contributed by atoms with Crippen molar-refractivity contribution < 1.29 is 9.18 Å². The van der Waals surface area contributed by atoms with Gasteiger partial charge in [-0.25, -0.2) is 9.07 Å². The molecule has 25 heavy (non-hydrogen) atoms. The van der Waals surface area contributed by atoms with Crippen LogP contribution in [0.15, 0.2) is 54.7 Å². The summed E-state index contributed by atoms with van der Waals surface area (Å²) >= 11 is 5.72. The minimum atomic E-state index is -0.661. The van der Waals surface area contributed by atoms with Gasteiger partial charge in [-0.1, -0.05) is 42.8 Å². The molecule has 0 aliphatic rings. The van der Waals surface area contributed by atoms with E-state index < -0.39 is 11.7 Å². The van der Waals surface area contributed by atoms with Crippen molar-refractivity contribution in [3.8, 4) is 0 Å². The predicted octanol–water partition coefficient (Wildman–Crippen LogP) is 4.54. The Labute approximate surface area is 150 Å². The molecule has 1 aromatic heterocycles. The number of carbonyl (C=O) groups excluding carboxylic acids is 1. The second kappa shape index (κ2) is 7.49. The highest BCUT2D eigenvalue weighted by Gasteiger charge is 2.14. The second-order valence-corrected chi connectivity index (χ2v) is 6.06. The van der Waals surface area contributed by atoms with E-state index in [9.17, 15) is 9.18 Å². The Kier molecular flexibility index (Phi) is 5.14. The van der Waals surface area contributed by atoms with Gasteiger partial charge in [-0.15, -0.1) is 0 Å². The molecule has 128 valence electrons. The SMILES string of the molecule is CCc1ccc(Cn2nccc2NC(=O)c2ccc(Cl)cc2F)cc1. The number of aromatic nitrogens is 2. The molecule has 6 heteroatoms. The molecule has 4 nitrogen and oxygen atoms in total. The molecule has 0 saturated carbocycles. The molecular weight excluding hydrogens is 341 g/mol. The van der Waals surface area contributed by atoms with Crippen LogP contribution < -0.4 is 5.32 Å². The third-order valence-corrected chi connectivity index (χ3v) is 4.13. The number of benzene rings is 2. The van der Waals surface area contributed by atoms with Crippen LogP contribution in [-0.2, 0) is 13.0 Å². The van der Waals surface area contributed by atoms with Gasteiger partial charge in [0.1, 0.15) is 11.6 Å². The first kappa shape index (κ1) is 17.2. The zero-order valence-corrected chi connectivity index (χ0v) is 14.4. The van der Waals surface area contributed by atoms with Crippen LogP contribution in [-0.4, -0.2) is 15.7 Å². The summed E-state index contributed by atoms with van der Waals surface area (Å²) in [7, 11) is 0. The van der Waals surface area contributed by atoms with Gasteiger partial charge in [0.25, 0.3) is 5.91 Å². The van der Waals surface area contributed by atoms with E-state index in [2.05, 4.69) is 29.5 Å². The number of nitrogens with zero attached hydrogens (tertiary/aromatic N) is 2. The van der Waals surface area contributed by atoms with Crippen molar-refractivity contribution in [2.24, 2.45) is 0 Å². The van der Waals surface area contributed by atoms with Gasteiger partial charge in [0, 0.05) is 11.1 Å². The Morgan fingerprint density at radius 1 is 1.16 bits per heavy atom. The van der Waals surface area contributed by atoms with Gasteiger partial charge in [-0.2, -0.15) is 5.10 Å². The zero-order chi connectivity index (χ0) is 17.8. The Bertz CT molecular complexity index is 890. The molecule has 0 fully saturated rings. The summed E-state index contributed by atoms with van der Waals surface area (Å²) in [5.74, 6) is -0.706. The van der Waals surface area contributed by atoms with Crippen LogP contribution in [0.25, 0.3) is 0 Å². The summed E-state index contributed by atoms with van der Waals surface area (Å²) in [6.07, 6.45) is 2.57. The van der Waals surface area contributed by atoms with Crippen LogP contribution in [0.3, 0.4) is 0 Å². The van der Waals surface area contributed by atoms with Crippen molar-refractivity contribution in [2.45, 2.75) is 19.9 Å². The first-order valence-electron chi connectivity index (χ1n) is 7.93. The highest BCUT2D eigenvalue weighted by molar-refractivity contribution is 6.30.